The molecule has 1 heterocycles. The van der Waals surface area contributed by atoms with Crippen LogP contribution in [0.2, 0.25) is 0 Å². The van der Waals surface area contributed by atoms with Gasteiger partial charge in [0.2, 0.25) is 0 Å². The lowest BCUT2D eigenvalue weighted by Crippen LogP contribution is -2.10. The molecule has 0 bridgehead atoms. The van der Waals surface area contributed by atoms with Crippen molar-refractivity contribution in [3.63, 3.8) is 0 Å². The number of nitrogens with one attached hydrogen (secondary N) is 1. The zero-order valence-electron chi connectivity index (χ0n) is 10.4. The minimum Gasteiger partial charge on any atom is -0.377 e. The third-order valence-corrected chi connectivity index (χ3v) is 3.48. The minimum absolute atomic E-state index is 0.136. The van der Waals surface area contributed by atoms with Crippen molar-refractivity contribution in [2.24, 2.45) is 5.73 Å². The van der Waals surface area contributed by atoms with Crippen molar-refractivity contribution in [2.75, 3.05) is 5.32 Å². The maximum absolute atomic E-state index is 6.16. The number of hydrogen-bond donors (Lipinski definition) is 2. The number of rotatable bonds is 2. The third kappa shape index (κ3) is 1.97. The predicted molar refractivity (Wildman–Crippen MR) is 73.3 cm³/mol. The second-order valence-electron chi connectivity index (χ2n) is 4.92. The number of aryl methyl sites for hydroxylation is 1. The van der Waals surface area contributed by atoms with Gasteiger partial charge in [-0.15, -0.1) is 0 Å². The van der Waals surface area contributed by atoms with Crippen LogP contribution in [0.4, 0.5) is 5.69 Å². The van der Waals surface area contributed by atoms with Gasteiger partial charge in [0.1, 0.15) is 0 Å². The van der Waals surface area contributed by atoms with E-state index in [4.69, 9.17) is 5.73 Å². The first-order chi connectivity index (χ1) is 8.74. The van der Waals surface area contributed by atoms with Gasteiger partial charge in [-0.25, -0.2) is 0 Å². The lowest BCUT2D eigenvalue weighted by atomic mass is 10.1. The van der Waals surface area contributed by atoms with Gasteiger partial charge in [-0.1, -0.05) is 24.3 Å². The van der Waals surface area contributed by atoms with Crippen LogP contribution in [-0.4, -0.2) is 4.98 Å². The fourth-order valence-electron chi connectivity index (χ4n) is 2.65. The highest BCUT2D eigenvalue weighted by molar-refractivity contribution is 5.48. The maximum atomic E-state index is 6.16. The zero-order chi connectivity index (χ0) is 12.5. The van der Waals surface area contributed by atoms with Crippen molar-refractivity contribution >= 4 is 5.69 Å². The van der Waals surface area contributed by atoms with Crippen LogP contribution in [0.15, 0.2) is 42.7 Å². The summed E-state index contributed by atoms with van der Waals surface area (Å²) >= 11 is 0. The molecule has 0 saturated heterocycles. The van der Waals surface area contributed by atoms with E-state index in [1.165, 1.54) is 11.1 Å². The first-order valence-corrected chi connectivity index (χ1v) is 6.26. The number of nitrogens with zero attached hydrogens (tertiary/aromatic N) is 1. The summed E-state index contributed by atoms with van der Waals surface area (Å²) in [7, 11) is 0. The normalized spacial score (nSPS) is 21.7. The van der Waals surface area contributed by atoms with Gasteiger partial charge in [-0.3, -0.25) is 4.98 Å². The van der Waals surface area contributed by atoms with Crippen molar-refractivity contribution in [1.29, 1.82) is 0 Å². The molecule has 18 heavy (non-hydrogen) atoms. The molecule has 1 aromatic heterocycles. The summed E-state index contributed by atoms with van der Waals surface area (Å²) in [6.07, 6.45) is 4.66. The Kier molecular flexibility index (Phi) is 2.76. The van der Waals surface area contributed by atoms with Gasteiger partial charge >= 0.3 is 0 Å². The first-order valence-electron chi connectivity index (χ1n) is 6.26. The van der Waals surface area contributed by atoms with Crippen molar-refractivity contribution < 1.29 is 0 Å². The topological polar surface area (TPSA) is 50.9 Å². The molecule has 3 nitrogen and oxygen atoms in total. The Morgan fingerprint density at radius 3 is 2.78 bits per heavy atom. The standard InChI is InChI=1S/C15H17N3/c1-10-6-11(9-17-8-10)18-15-7-14(16)12-4-2-3-5-13(12)15/h2-6,8-9,14-15,18H,7,16H2,1H3. The Morgan fingerprint density at radius 2 is 2.00 bits per heavy atom. The molecule has 0 amide bonds. The Bertz CT molecular complexity index is 565. The summed E-state index contributed by atoms with van der Waals surface area (Å²) in [6.45, 7) is 2.05. The molecule has 0 spiro atoms. The summed E-state index contributed by atoms with van der Waals surface area (Å²) in [5.41, 5.74) is 11.0. The number of anilines is 1. The van der Waals surface area contributed by atoms with Gasteiger partial charge in [-0.05, 0) is 36.1 Å². The second-order valence-corrected chi connectivity index (χ2v) is 4.92. The molecule has 1 aromatic carbocycles. The van der Waals surface area contributed by atoms with E-state index in [0.29, 0.717) is 6.04 Å². The number of nitrogens with two attached hydrogens (primary N) is 1. The number of hydrogen-bond acceptors (Lipinski definition) is 3. The van der Waals surface area contributed by atoms with E-state index in [1.54, 1.807) is 0 Å². The van der Waals surface area contributed by atoms with Gasteiger partial charge < -0.3 is 11.1 Å². The number of aromatic nitrogens is 1. The Morgan fingerprint density at radius 1 is 1.22 bits per heavy atom. The molecule has 0 aliphatic heterocycles. The van der Waals surface area contributed by atoms with E-state index in [9.17, 15) is 0 Å². The fourth-order valence-corrected chi connectivity index (χ4v) is 2.65. The quantitative estimate of drug-likeness (QED) is 0.847. The lowest BCUT2D eigenvalue weighted by Gasteiger charge is -2.15. The second kappa shape index (κ2) is 4.42. The lowest BCUT2D eigenvalue weighted by molar-refractivity contribution is 0.648. The van der Waals surface area contributed by atoms with E-state index >= 15 is 0 Å². The van der Waals surface area contributed by atoms with Crippen LogP contribution in [0.3, 0.4) is 0 Å². The van der Waals surface area contributed by atoms with E-state index in [0.717, 1.165) is 17.7 Å². The largest absolute Gasteiger partial charge is 0.377 e. The molecule has 2 unspecified atom stereocenters. The maximum Gasteiger partial charge on any atom is 0.0535 e. The summed E-state index contributed by atoms with van der Waals surface area (Å²) in [5, 5.41) is 3.53. The molecule has 0 radical (unpaired) electrons. The Hall–Kier alpha value is -1.87. The summed E-state index contributed by atoms with van der Waals surface area (Å²) < 4.78 is 0. The summed E-state index contributed by atoms with van der Waals surface area (Å²) in [6, 6.07) is 10.9. The highest BCUT2D eigenvalue weighted by Gasteiger charge is 2.27. The average molecular weight is 239 g/mol. The molecule has 0 saturated carbocycles. The predicted octanol–water partition coefficient (Wildman–Crippen LogP) is 2.95. The SMILES string of the molecule is Cc1cncc(NC2CC(N)c3ccccc32)c1. The highest BCUT2D eigenvalue weighted by atomic mass is 14.9. The molecular formula is C15H17N3. The molecule has 0 fully saturated rings. The van der Waals surface area contributed by atoms with Crippen molar-refractivity contribution in [3.8, 4) is 0 Å². The van der Waals surface area contributed by atoms with Gasteiger partial charge in [0.15, 0.2) is 0 Å². The van der Waals surface area contributed by atoms with E-state index < -0.39 is 0 Å². The zero-order valence-corrected chi connectivity index (χ0v) is 10.4. The van der Waals surface area contributed by atoms with Crippen LogP contribution < -0.4 is 11.1 Å². The Labute approximate surface area is 107 Å². The van der Waals surface area contributed by atoms with Crippen LogP contribution in [0, 0.1) is 6.92 Å². The van der Waals surface area contributed by atoms with Gasteiger partial charge in [0.05, 0.1) is 11.7 Å². The minimum atomic E-state index is 0.136. The number of pyridine rings is 1. The molecule has 3 rings (SSSR count). The average Bonchev–Trinajstić information content (AvgIpc) is 2.67. The number of fused-ring (bicyclic) bond motifs is 1. The van der Waals surface area contributed by atoms with Crippen LogP contribution >= 0.6 is 0 Å². The first kappa shape index (κ1) is 11.2. The van der Waals surface area contributed by atoms with E-state index in [1.807, 2.05) is 19.3 Å². The number of benzene rings is 1. The van der Waals surface area contributed by atoms with E-state index in [2.05, 4.69) is 40.6 Å². The molecule has 3 N–H and O–H groups in total. The molecule has 2 atom stereocenters. The smallest absolute Gasteiger partial charge is 0.0535 e. The van der Waals surface area contributed by atoms with Crippen LogP contribution in [0.5, 0.6) is 0 Å². The van der Waals surface area contributed by atoms with Crippen LogP contribution in [-0.2, 0) is 0 Å². The monoisotopic (exact) mass is 239 g/mol. The molecule has 1 aliphatic rings. The fraction of sp³-hybridized carbons (Fsp3) is 0.267. The van der Waals surface area contributed by atoms with Gasteiger partial charge in [0.25, 0.3) is 0 Å². The molecule has 92 valence electrons. The van der Waals surface area contributed by atoms with Crippen molar-refractivity contribution in [1.82, 2.24) is 4.98 Å². The van der Waals surface area contributed by atoms with Gasteiger partial charge in [-0.2, -0.15) is 0 Å². The molecule has 2 aromatic rings. The van der Waals surface area contributed by atoms with Crippen molar-refractivity contribution in [3.05, 3.63) is 59.4 Å². The van der Waals surface area contributed by atoms with Crippen LogP contribution in [0.1, 0.15) is 35.2 Å². The summed E-state index contributed by atoms with van der Waals surface area (Å²) in [4.78, 5) is 4.21. The van der Waals surface area contributed by atoms with Gasteiger partial charge in [0, 0.05) is 18.4 Å². The molecule has 3 heteroatoms. The third-order valence-electron chi connectivity index (χ3n) is 3.48. The molecular weight excluding hydrogens is 222 g/mol. The van der Waals surface area contributed by atoms with E-state index in [-0.39, 0.29) is 6.04 Å². The van der Waals surface area contributed by atoms with Crippen molar-refractivity contribution in [2.45, 2.75) is 25.4 Å². The van der Waals surface area contributed by atoms with Crippen LogP contribution in [0.25, 0.3) is 0 Å². The molecule has 1 aliphatic carbocycles. The highest BCUT2D eigenvalue weighted by Crippen LogP contribution is 2.38. The Balaban J connectivity index is 1.87. The summed E-state index contributed by atoms with van der Waals surface area (Å²) in [5.74, 6) is 0.